The number of benzene rings is 2. The first-order chi connectivity index (χ1) is 13.4. The minimum atomic E-state index is -0.830. The highest BCUT2D eigenvalue weighted by atomic mass is 16.5. The van der Waals surface area contributed by atoms with E-state index in [1.54, 1.807) is 24.3 Å². The van der Waals surface area contributed by atoms with Gasteiger partial charge in [0.1, 0.15) is 18.5 Å². The average molecular weight is 382 g/mol. The third-order valence-corrected chi connectivity index (χ3v) is 4.77. The Kier molecular flexibility index (Phi) is 6.31. The van der Waals surface area contributed by atoms with Gasteiger partial charge in [0.25, 0.3) is 5.91 Å². The highest BCUT2D eigenvalue weighted by Gasteiger charge is 2.39. The molecule has 1 fully saturated rings. The van der Waals surface area contributed by atoms with Gasteiger partial charge >= 0.3 is 0 Å². The van der Waals surface area contributed by atoms with E-state index in [-0.39, 0.29) is 30.9 Å². The lowest BCUT2D eigenvalue weighted by molar-refractivity contribution is -0.117. The summed E-state index contributed by atoms with van der Waals surface area (Å²) in [6.45, 7) is 4.16. The van der Waals surface area contributed by atoms with Gasteiger partial charge in [0, 0.05) is 23.7 Å². The highest BCUT2D eigenvalue weighted by molar-refractivity contribution is 5.98. The molecular weight excluding hydrogens is 356 g/mol. The molecule has 3 rings (SSSR count). The Hall–Kier alpha value is -2.86. The van der Waals surface area contributed by atoms with Crippen LogP contribution in [0.25, 0.3) is 0 Å². The fraction of sp³-hybridized carbons (Fsp3) is 0.364. The molecular formula is C22H26N2O4. The van der Waals surface area contributed by atoms with E-state index in [0.717, 1.165) is 12.0 Å². The van der Waals surface area contributed by atoms with E-state index in [4.69, 9.17) is 4.74 Å². The van der Waals surface area contributed by atoms with E-state index in [1.807, 2.05) is 38.1 Å². The maximum atomic E-state index is 12.3. The minimum absolute atomic E-state index is 0.00576. The fourth-order valence-electron chi connectivity index (χ4n) is 2.93. The number of nitrogens with one attached hydrogen (secondary N) is 2. The van der Waals surface area contributed by atoms with Gasteiger partial charge in [0.15, 0.2) is 0 Å². The fourth-order valence-corrected chi connectivity index (χ4v) is 2.93. The molecule has 0 saturated heterocycles. The third-order valence-electron chi connectivity index (χ3n) is 4.77. The smallest absolute Gasteiger partial charge is 0.251 e. The zero-order valence-electron chi connectivity index (χ0n) is 16.1. The Morgan fingerprint density at radius 2 is 1.96 bits per heavy atom. The third kappa shape index (κ3) is 5.57. The summed E-state index contributed by atoms with van der Waals surface area (Å²) >= 11 is 0. The van der Waals surface area contributed by atoms with Crippen molar-refractivity contribution in [3.63, 3.8) is 0 Å². The number of ether oxygens (including phenoxy) is 1. The average Bonchev–Trinajstić information content (AvgIpc) is 3.41. The summed E-state index contributed by atoms with van der Waals surface area (Å²) in [6.07, 6.45) is 0.0813. The van der Waals surface area contributed by atoms with Gasteiger partial charge in [-0.2, -0.15) is 0 Å². The zero-order chi connectivity index (χ0) is 20.1. The van der Waals surface area contributed by atoms with Crippen molar-refractivity contribution in [3.8, 4) is 5.75 Å². The number of aliphatic hydroxyl groups is 1. The number of rotatable bonds is 8. The first kappa shape index (κ1) is 19.9. The van der Waals surface area contributed by atoms with Gasteiger partial charge in [-0.15, -0.1) is 0 Å². The molecule has 3 unspecified atom stereocenters. The van der Waals surface area contributed by atoms with Crippen LogP contribution >= 0.6 is 0 Å². The summed E-state index contributed by atoms with van der Waals surface area (Å²) in [5.74, 6) is 0.856. The van der Waals surface area contributed by atoms with Gasteiger partial charge in [0.2, 0.25) is 5.91 Å². The van der Waals surface area contributed by atoms with Gasteiger partial charge in [-0.05, 0) is 55.2 Å². The summed E-state index contributed by atoms with van der Waals surface area (Å²) in [7, 11) is 0. The molecule has 3 N–H and O–H groups in total. The van der Waals surface area contributed by atoms with Crippen LogP contribution in [0.2, 0.25) is 0 Å². The number of aliphatic hydroxyl groups excluding tert-OH is 1. The van der Waals surface area contributed by atoms with Crippen molar-refractivity contribution in [2.75, 3.05) is 18.5 Å². The van der Waals surface area contributed by atoms with Crippen molar-refractivity contribution >= 4 is 17.5 Å². The second-order valence-corrected chi connectivity index (χ2v) is 7.38. The second-order valence-electron chi connectivity index (χ2n) is 7.38. The van der Waals surface area contributed by atoms with Gasteiger partial charge in [-0.3, -0.25) is 9.59 Å². The first-order valence-corrected chi connectivity index (χ1v) is 9.49. The van der Waals surface area contributed by atoms with Crippen molar-refractivity contribution in [2.24, 2.45) is 11.8 Å². The predicted molar refractivity (Wildman–Crippen MR) is 107 cm³/mol. The van der Waals surface area contributed by atoms with E-state index >= 15 is 0 Å². The summed E-state index contributed by atoms with van der Waals surface area (Å²) in [6, 6.07) is 14.3. The number of aryl methyl sites for hydroxylation is 1. The normalized spacial score (nSPS) is 18.8. The van der Waals surface area contributed by atoms with Crippen LogP contribution in [0.3, 0.4) is 0 Å². The molecule has 0 aromatic heterocycles. The Balaban J connectivity index is 1.46. The molecule has 2 amide bonds. The molecule has 1 saturated carbocycles. The van der Waals surface area contributed by atoms with E-state index in [2.05, 4.69) is 10.6 Å². The lowest BCUT2D eigenvalue weighted by atomic mass is 10.1. The van der Waals surface area contributed by atoms with Crippen molar-refractivity contribution in [1.82, 2.24) is 5.32 Å². The summed E-state index contributed by atoms with van der Waals surface area (Å²) in [5.41, 5.74) is 2.09. The number of hydrogen-bond donors (Lipinski definition) is 3. The van der Waals surface area contributed by atoms with Gasteiger partial charge < -0.3 is 20.5 Å². The van der Waals surface area contributed by atoms with E-state index < -0.39 is 6.10 Å². The molecule has 2 aromatic rings. The number of carbonyl (C=O) groups is 2. The molecule has 1 aliphatic rings. The molecule has 3 atom stereocenters. The number of amides is 2. The molecule has 1 aliphatic carbocycles. The van der Waals surface area contributed by atoms with Crippen LogP contribution in [0.5, 0.6) is 5.75 Å². The molecule has 28 heavy (non-hydrogen) atoms. The molecule has 6 heteroatoms. The van der Waals surface area contributed by atoms with Crippen LogP contribution < -0.4 is 15.4 Å². The topological polar surface area (TPSA) is 87.7 Å². The Bertz CT molecular complexity index is 852. The Morgan fingerprint density at radius 3 is 2.68 bits per heavy atom. The van der Waals surface area contributed by atoms with Gasteiger partial charge in [-0.1, -0.05) is 25.1 Å². The SMILES string of the molecule is Cc1cccc(OCC(O)CNC(=O)c2cccc(NC(=O)C3CC3C)c2)c1. The van der Waals surface area contributed by atoms with Crippen LogP contribution in [-0.2, 0) is 4.79 Å². The molecule has 6 nitrogen and oxygen atoms in total. The van der Waals surface area contributed by atoms with E-state index in [1.165, 1.54) is 0 Å². The highest BCUT2D eigenvalue weighted by Crippen LogP contribution is 2.38. The zero-order valence-corrected chi connectivity index (χ0v) is 16.1. The van der Waals surface area contributed by atoms with Crippen LogP contribution in [0.4, 0.5) is 5.69 Å². The largest absolute Gasteiger partial charge is 0.491 e. The van der Waals surface area contributed by atoms with Crippen molar-refractivity contribution in [3.05, 3.63) is 59.7 Å². The lowest BCUT2D eigenvalue weighted by Crippen LogP contribution is -2.35. The van der Waals surface area contributed by atoms with Gasteiger partial charge in [-0.25, -0.2) is 0 Å². The standard InChI is InChI=1S/C22H26N2O4/c1-14-5-3-8-19(9-14)28-13-18(25)12-23-21(26)16-6-4-7-17(11-16)24-22(27)20-10-15(20)2/h3-9,11,15,18,20,25H,10,12-13H2,1-2H3,(H,23,26)(H,24,27). The molecule has 2 aromatic carbocycles. The predicted octanol–water partition coefficient (Wildman–Crippen LogP) is 2.76. The number of carbonyl (C=O) groups excluding carboxylic acids is 2. The van der Waals surface area contributed by atoms with E-state index in [9.17, 15) is 14.7 Å². The second kappa shape index (κ2) is 8.89. The molecule has 0 aliphatic heterocycles. The van der Waals surface area contributed by atoms with Crippen LogP contribution in [0, 0.1) is 18.8 Å². The molecule has 0 radical (unpaired) electrons. The monoisotopic (exact) mass is 382 g/mol. The van der Waals surface area contributed by atoms with Crippen LogP contribution in [0.15, 0.2) is 48.5 Å². The van der Waals surface area contributed by atoms with Crippen molar-refractivity contribution in [1.29, 1.82) is 0 Å². The molecule has 0 bridgehead atoms. The lowest BCUT2D eigenvalue weighted by Gasteiger charge is -2.14. The molecule has 148 valence electrons. The number of anilines is 1. The summed E-state index contributed by atoms with van der Waals surface area (Å²) < 4.78 is 5.54. The summed E-state index contributed by atoms with van der Waals surface area (Å²) in [5, 5.41) is 15.6. The number of hydrogen-bond acceptors (Lipinski definition) is 4. The quantitative estimate of drug-likeness (QED) is 0.655. The molecule has 0 spiro atoms. The Morgan fingerprint density at radius 1 is 1.21 bits per heavy atom. The van der Waals surface area contributed by atoms with Crippen molar-refractivity contribution < 1.29 is 19.4 Å². The maximum Gasteiger partial charge on any atom is 0.251 e. The van der Waals surface area contributed by atoms with E-state index in [0.29, 0.717) is 22.9 Å². The first-order valence-electron chi connectivity index (χ1n) is 9.49. The maximum absolute atomic E-state index is 12.3. The van der Waals surface area contributed by atoms with Crippen LogP contribution in [0.1, 0.15) is 29.3 Å². The summed E-state index contributed by atoms with van der Waals surface area (Å²) in [4.78, 5) is 24.4. The van der Waals surface area contributed by atoms with Crippen molar-refractivity contribution in [2.45, 2.75) is 26.4 Å². The Labute approximate surface area is 164 Å². The molecule has 0 heterocycles. The van der Waals surface area contributed by atoms with Gasteiger partial charge in [0.05, 0.1) is 0 Å². The minimum Gasteiger partial charge on any atom is -0.491 e. The van der Waals surface area contributed by atoms with Crippen LogP contribution in [-0.4, -0.2) is 36.2 Å².